The first-order valence-electron chi connectivity index (χ1n) is 3.92. The number of nitrogens with one attached hydrogen (secondary N) is 1. The molecule has 1 N–H and O–H groups in total. The number of alkyl halides is 1. The lowest BCUT2D eigenvalue weighted by atomic mass is 10.4. The van der Waals surface area contributed by atoms with Gasteiger partial charge in [0.1, 0.15) is 0 Å². The summed E-state index contributed by atoms with van der Waals surface area (Å²) in [6, 6.07) is 0. The standard InChI is InChI=1S/C8H11BrN2OS/c1-5(9)8(12)11-4-7-3-10-6(2)13-7/h3,5H,4H2,1-2H3,(H,11,12). The van der Waals surface area contributed by atoms with Gasteiger partial charge in [0.05, 0.1) is 16.4 Å². The van der Waals surface area contributed by atoms with E-state index in [0.717, 1.165) is 9.88 Å². The van der Waals surface area contributed by atoms with Crippen LogP contribution in [0.3, 0.4) is 0 Å². The maximum Gasteiger partial charge on any atom is 0.233 e. The van der Waals surface area contributed by atoms with Crippen molar-refractivity contribution in [2.45, 2.75) is 25.2 Å². The number of halogens is 1. The molecule has 0 saturated heterocycles. The Labute approximate surface area is 89.7 Å². The molecule has 0 radical (unpaired) electrons. The fraction of sp³-hybridized carbons (Fsp3) is 0.500. The zero-order valence-corrected chi connectivity index (χ0v) is 9.91. The van der Waals surface area contributed by atoms with E-state index in [9.17, 15) is 4.79 Å². The molecule has 0 aliphatic rings. The molecule has 1 heterocycles. The van der Waals surface area contributed by atoms with Crippen molar-refractivity contribution in [3.8, 4) is 0 Å². The summed E-state index contributed by atoms with van der Waals surface area (Å²) < 4.78 is 0. The van der Waals surface area contributed by atoms with Gasteiger partial charge in [-0.25, -0.2) is 4.98 Å². The molecular formula is C8H11BrN2OS. The molecule has 1 rings (SSSR count). The predicted molar refractivity (Wildman–Crippen MR) is 57.1 cm³/mol. The minimum Gasteiger partial charge on any atom is -0.350 e. The van der Waals surface area contributed by atoms with E-state index in [-0.39, 0.29) is 10.7 Å². The second-order valence-corrected chi connectivity index (χ2v) is 5.37. The van der Waals surface area contributed by atoms with Gasteiger partial charge in [0.15, 0.2) is 0 Å². The lowest BCUT2D eigenvalue weighted by Gasteiger charge is -2.03. The number of aromatic nitrogens is 1. The molecule has 1 atom stereocenters. The van der Waals surface area contributed by atoms with Crippen molar-refractivity contribution < 1.29 is 4.79 Å². The summed E-state index contributed by atoms with van der Waals surface area (Å²) in [5.74, 6) is 0.00560. The van der Waals surface area contributed by atoms with E-state index in [1.54, 1.807) is 24.5 Å². The van der Waals surface area contributed by atoms with E-state index in [4.69, 9.17) is 0 Å². The van der Waals surface area contributed by atoms with Crippen LogP contribution in [0, 0.1) is 6.92 Å². The van der Waals surface area contributed by atoms with Crippen LogP contribution in [0.4, 0.5) is 0 Å². The molecular weight excluding hydrogens is 252 g/mol. The Bertz CT molecular complexity index is 298. The third kappa shape index (κ3) is 3.44. The van der Waals surface area contributed by atoms with Gasteiger partial charge < -0.3 is 5.32 Å². The highest BCUT2D eigenvalue weighted by Gasteiger charge is 2.07. The molecule has 1 unspecified atom stereocenters. The number of aryl methyl sites for hydroxylation is 1. The zero-order valence-electron chi connectivity index (χ0n) is 7.50. The molecule has 0 aliphatic heterocycles. The van der Waals surface area contributed by atoms with E-state index in [1.165, 1.54) is 0 Å². The number of amides is 1. The van der Waals surface area contributed by atoms with E-state index in [0.29, 0.717) is 6.54 Å². The largest absolute Gasteiger partial charge is 0.350 e. The Balaban J connectivity index is 2.39. The maximum absolute atomic E-state index is 11.1. The number of carbonyl (C=O) groups excluding carboxylic acids is 1. The lowest BCUT2D eigenvalue weighted by Crippen LogP contribution is -2.28. The van der Waals surface area contributed by atoms with Crippen molar-refractivity contribution in [2.75, 3.05) is 0 Å². The van der Waals surface area contributed by atoms with Crippen molar-refractivity contribution in [3.63, 3.8) is 0 Å². The summed E-state index contributed by atoms with van der Waals surface area (Å²) in [5.41, 5.74) is 0. The summed E-state index contributed by atoms with van der Waals surface area (Å²) >= 11 is 4.79. The quantitative estimate of drug-likeness (QED) is 0.846. The van der Waals surface area contributed by atoms with Gasteiger partial charge in [-0.1, -0.05) is 15.9 Å². The number of hydrogen-bond donors (Lipinski definition) is 1. The first kappa shape index (κ1) is 10.7. The molecule has 0 aliphatic carbocycles. The van der Waals surface area contributed by atoms with Crippen molar-refractivity contribution in [1.29, 1.82) is 0 Å². The molecule has 1 aromatic rings. The summed E-state index contributed by atoms with van der Waals surface area (Å²) in [6.07, 6.45) is 1.79. The molecule has 3 nitrogen and oxygen atoms in total. The fourth-order valence-electron chi connectivity index (χ4n) is 0.802. The normalized spacial score (nSPS) is 12.5. The predicted octanol–water partition coefficient (Wildman–Crippen LogP) is 1.85. The van der Waals surface area contributed by atoms with Crippen molar-refractivity contribution in [3.05, 3.63) is 16.1 Å². The van der Waals surface area contributed by atoms with Gasteiger partial charge in [-0.15, -0.1) is 11.3 Å². The monoisotopic (exact) mass is 262 g/mol. The minimum absolute atomic E-state index is 0.00560. The highest BCUT2D eigenvalue weighted by molar-refractivity contribution is 9.10. The molecule has 0 spiro atoms. The number of rotatable bonds is 3. The van der Waals surface area contributed by atoms with E-state index >= 15 is 0 Å². The Kier molecular flexibility index (Phi) is 3.87. The first-order chi connectivity index (χ1) is 6.09. The van der Waals surface area contributed by atoms with Gasteiger partial charge >= 0.3 is 0 Å². The highest BCUT2D eigenvalue weighted by Crippen LogP contribution is 2.10. The first-order valence-corrected chi connectivity index (χ1v) is 5.66. The summed E-state index contributed by atoms with van der Waals surface area (Å²) in [6.45, 7) is 4.32. The highest BCUT2D eigenvalue weighted by atomic mass is 79.9. The molecule has 1 amide bonds. The smallest absolute Gasteiger partial charge is 0.233 e. The van der Waals surface area contributed by atoms with Gasteiger partial charge in [-0.05, 0) is 13.8 Å². The molecule has 0 aromatic carbocycles. The van der Waals surface area contributed by atoms with Crippen LogP contribution >= 0.6 is 27.3 Å². The van der Waals surface area contributed by atoms with Crippen molar-refractivity contribution in [2.24, 2.45) is 0 Å². The van der Waals surface area contributed by atoms with E-state index < -0.39 is 0 Å². The molecule has 5 heteroatoms. The molecule has 72 valence electrons. The molecule has 1 aromatic heterocycles. The van der Waals surface area contributed by atoms with Crippen LogP contribution in [0.5, 0.6) is 0 Å². The lowest BCUT2D eigenvalue weighted by molar-refractivity contribution is -0.120. The SMILES string of the molecule is Cc1ncc(CNC(=O)C(C)Br)s1. The second-order valence-electron chi connectivity index (χ2n) is 2.68. The summed E-state index contributed by atoms with van der Waals surface area (Å²) in [4.78, 5) is 16.2. The van der Waals surface area contributed by atoms with Crippen LogP contribution in [0.15, 0.2) is 6.20 Å². The average molecular weight is 263 g/mol. The summed E-state index contributed by atoms with van der Waals surface area (Å²) in [7, 11) is 0. The van der Waals surface area contributed by atoms with Crippen molar-refractivity contribution >= 4 is 33.2 Å². The third-order valence-corrected chi connectivity index (χ3v) is 2.80. The van der Waals surface area contributed by atoms with Gasteiger partial charge in [-0.2, -0.15) is 0 Å². The van der Waals surface area contributed by atoms with Crippen molar-refractivity contribution in [1.82, 2.24) is 10.3 Å². The second kappa shape index (κ2) is 4.72. The van der Waals surface area contributed by atoms with Crippen LogP contribution in [0.25, 0.3) is 0 Å². The molecule has 13 heavy (non-hydrogen) atoms. The third-order valence-electron chi connectivity index (χ3n) is 1.47. The van der Waals surface area contributed by atoms with E-state index in [1.807, 2.05) is 6.92 Å². The Morgan fingerprint density at radius 3 is 3.00 bits per heavy atom. The van der Waals surface area contributed by atoms with Gasteiger partial charge in [0.25, 0.3) is 0 Å². The Morgan fingerprint density at radius 2 is 2.54 bits per heavy atom. The molecule has 0 bridgehead atoms. The fourth-order valence-corrected chi connectivity index (χ4v) is 1.70. The number of hydrogen-bond acceptors (Lipinski definition) is 3. The maximum atomic E-state index is 11.1. The topological polar surface area (TPSA) is 42.0 Å². The van der Waals surface area contributed by atoms with Gasteiger partial charge in [0, 0.05) is 11.1 Å². The van der Waals surface area contributed by atoms with Crippen LogP contribution in [0.2, 0.25) is 0 Å². The van der Waals surface area contributed by atoms with E-state index in [2.05, 4.69) is 26.2 Å². The number of carbonyl (C=O) groups is 1. The molecule has 0 saturated carbocycles. The summed E-state index contributed by atoms with van der Waals surface area (Å²) in [5, 5.41) is 3.82. The van der Waals surface area contributed by atoms with Gasteiger partial charge in [0.2, 0.25) is 5.91 Å². The van der Waals surface area contributed by atoms with Crippen LogP contribution in [0.1, 0.15) is 16.8 Å². The van der Waals surface area contributed by atoms with Gasteiger partial charge in [-0.3, -0.25) is 4.79 Å². The average Bonchev–Trinajstić information content (AvgIpc) is 2.47. The van der Waals surface area contributed by atoms with Crippen LogP contribution in [-0.4, -0.2) is 15.7 Å². The minimum atomic E-state index is -0.137. The Hall–Kier alpha value is -0.420. The molecule has 0 fully saturated rings. The zero-order chi connectivity index (χ0) is 9.84. The number of nitrogens with zero attached hydrogens (tertiary/aromatic N) is 1. The van der Waals surface area contributed by atoms with Crippen LogP contribution < -0.4 is 5.32 Å². The Morgan fingerprint density at radius 1 is 1.85 bits per heavy atom. The number of thiazole rings is 1. The van der Waals surface area contributed by atoms with Crippen LogP contribution in [-0.2, 0) is 11.3 Å².